The molecule has 0 saturated heterocycles. The second-order valence-electron chi connectivity index (χ2n) is 5.38. The summed E-state index contributed by atoms with van der Waals surface area (Å²) in [6, 6.07) is 12.5. The molecular weight excluding hydrogens is 278 g/mol. The summed E-state index contributed by atoms with van der Waals surface area (Å²) in [5.41, 5.74) is 3.48. The fourth-order valence-electron chi connectivity index (χ4n) is 2.05. The van der Waals surface area contributed by atoms with Crippen LogP contribution in [-0.2, 0) is 0 Å². The summed E-state index contributed by atoms with van der Waals surface area (Å²) in [5.74, 6) is 0.538. The van der Waals surface area contributed by atoms with Gasteiger partial charge in [-0.2, -0.15) is 0 Å². The van der Waals surface area contributed by atoms with Crippen molar-refractivity contribution in [3.63, 3.8) is 0 Å². The zero-order valence-corrected chi connectivity index (χ0v) is 13.4. The topological polar surface area (TPSA) is 37.0 Å². The van der Waals surface area contributed by atoms with Gasteiger partial charge in [-0.05, 0) is 60.5 Å². The standard InChI is InChI=1S/C17H21N3S/c1-12(2)14-4-6-16(7-5-14)20-17(21)19-13(3)15-8-10-18-11-9-15/h4-13H,1-3H3,(H2,19,20,21)/t13-/m0/s1. The predicted octanol–water partition coefficient (Wildman–Crippen LogP) is 4.25. The molecule has 21 heavy (non-hydrogen) atoms. The van der Waals surface area contributed by atoms with Crippen LogP contribution in [0.25, 0.3) is 0 Å². The molecule has 0 fully saturated rings. The number of pyridine rings is 1. The van der Waals surface area contributed by atoms with Crippen molar-refractivity contribution in [1.82, 2.24) is 10.3 Å². The Morgan fingerprint density at radius 2 is 1.57 bits per heavy atom. The Balaban J connectivity index is 1.92. The molecule has 1 aromatic heterocycles. The fraction of sp³-hybridized carbons (Fsp3) is 0.294. The van der Waals surface area contributed by atoms with E-state index in [2.05, 4.69) is 60.7 Å². The summed E-state index contributed by atoms with van der Waals surface area (Å²) in [4.78, 5) is 4.02. The van der Waals surface area contributed by atoms with Crippen molar-refractivity contribution in [3.8, 4) is 0 Å². The molecule has 3 nitrogen and oxygen atoms in total. The number of benzene rings is 1. The maximum absolute atomic E-state index is 5.36. The molecule has 0 unspecified atom stereocenters. The highest BCUT2D eigenvalue weighted by Crippen LogP contribution is 2.17. The zero-order chi connectivity index (χ0) is 15.2. The van der Waals surface area contributed by atoms with Crippen molar-refractivity contribution in [2.24, 2.45) is 0 Å². The maximum Gasteiger partial charge on any atom is 0.171 e. The molecule has 0 radical (unpaired) electrons. The lowest BCUT2D eigenvalue weighted by atomic mass is 10.0. The van der Waals surface area contributed by atoms with E-state index < -0.39 is 0 Å². The molecule has 0 amide bonds. The molecular formula is C17H21N3S. The van der Waals surface area contributed by atoms with Gasteiger partial charge in [0.1, 0.15) is 0 Å². The average molecular weight is 299 g/mol. The van der Waals surface area contributed by atoms with Gasteiger partial charge < -0.3 is 10.6 Å². The van der Waals surface area contributed by atoms with Crippen LogP contribution in [0.5, 0.6) is 0 Å². The minimum atomic E-state index is 0.142. The first-order valence-electron chi connectivity index (χ1n) is 7.13. The Hall–Kier alpha value is -1.94. The van der Waals surface area contributed by atoms with Crippen molar-refractivity contribution in [1.29, 1.82) is 0 Å². The molecule has 110 valence electrons. The molecule has 0 aliphatic heterocycles. The zero-order valence-electron chi connectivity index (χ0n) is 12.6. The predicted molar refractivity (Wildman–Crippen MR) is 92.5 cm³/mol. The number of anilines is 1. The Morgan fingerprint density at radius 1 is 0.952 bits per heavy atom. The van der Waals surface area contributed by atoms with E-state index in [9.17, 15) is 0 Å². The van der Waals surface area contributed by atoms with Gasteiger partial charge in [0.05, 0.1) is 6.04 Å². The number of nitrogens with zero attached hydrogens (tertiary/aromatic N) is 1. The summed E-state index contributed by atoms with van der Waals surface area (Å²) in [5, 5.41) is 7.11. The molecule has 4 heteroatoms. The number of hydrogen-bond donors (Lipinski definition) is 2. The van der Waals surface area contributed by atoms with Gasteiger partial charge in [-0.1, -0.05) is 26.0 Å². The quantitative estimate of drug-likeness (QED) is 0.828. The number of rotatable bonds is 4. The monoisotopic (exact) mass is 299 g/mol. The molecule has 1 aromatic carbocycles. The molecule has 2 rings (SSSR count). The largest absolute Gasteiger partial charge is 0.356 e. The lowest BCUT2D eigenvalue weighted by Crippen LogP contribution is -2.30. The van der Waals surface area contributed by atoms with Gasteiger partial charge in [-0.3, -0.25) is 4.98 Å². The van der Waals surface area contributed by atoms with Gasteiger partial charge in [0.25, 0.3) is 0 Å². The van der Waals surface area contributed by atoms with Crippen LogP contribution in [0.3, 0.4) is 0 Å². The summed E-state index contributed by atoms with van der Waals surface area (Å²) < 4.78 is 0. The summed E-state index contributed by atoms with van der Waals surface area (Å²) in [6.45, 7) is 6.45. The number of hydrogen-bond acceptors (Lipinski definition) is 2. The third-order valence-corrected chi connectivity index (χ3v) is 3.61. The van der Waals surface area contributed by atoms with Crippen LogP contribution in [0.2, 0.25) is 0 Å². The number of thiocarbonyl (C=S) groups is 1. The van der Waals surface area contributed by atoms with Gasteiger partial charge in [-0.25, -0.2) is 0 Å². The molecule has 0 aliphatic rings. The molecule has 1 atom stereocenters. The van der Waals surface area contributed by atoms with E-state index in [4.69, 9.17) is 12.2 Å². The second-order valence-corrected chi connectivity index (χ2v) is 5.79. The van der Waals surface area contributed by atoms with Gasteiger partial charge in [0.15, 0.2) is 5.11 Å². The lowest BCUT2D eigenvalue weighted by Gasteiger charge is -2.17. The van der Waals surface area contributed by atoms with E-state index in [0.717, 1.165) is 11.3 Å². The van der Waals surface area contributed by atoms with Crippen LogP contribution in [0.4, 0.5) is 5.69 Å². The van der Waals surface area contributed by atoms with E-state index >= 15 is 0 Å². The third-order valence-electron chi connectivity index (χ3n) is 3.39. The van der Waals surface area contributed by atoms with Crippen LogP contribution >= 0.6 is 12.2 Å². The van der Waals surface area contributed by atoms with Gasteiger partial charge in [-0.15, -0.1) is 0 Å². The van der Waals surface area contributed by atoms with Crippen molar-refractivity contribution in [2.45, 2.75) is 32.7 Å². The molecule has 0 saturated carbocycles. The highest BCUT2D eigenvalue weighted by molar-refractivity contribution is 7.80. The highest BCUT2D eigenvalue weighted by Gasteiger charge is 2.07. The molecule has 0 aliphatic carbocycles. The van der Waals surface area contributed by atoms with Crippen LogP contribution in [0.15, 0.2) is 48.8 Å². The van der Waals surface area contributed by atoms with E-state index in [1.54, 1.807) is 12.4 Å². The first kappa shape index (κ1) is 15.4. The second kappa shape index (κ2) is 7.18. The maximum atomic E-state index is 5.36. The van der Waals surface area contributed by atoms with E-state index in [0.29, 0.717) is 11.0 Å². The van der Waals surface area contributed by atoms with Gasteiger partial charge >= 0.3 is 0 Å². The van der Waals surface area contributed by atoms with Crippen molar-refractivity contribution < 1.29 is 0 Å². The molecule has 2 N–H and O–H groups in total. The fourth-order valence-corrected chi connectivity index (χ4v) is 2.35. The smallest absolute Gasteiger partial charge is 0.171 e. The Kier molecular flexibility index (Phi) is 5.28. The summed E-state index contributed by atoms with van der Waals surface area (Å²) >= 11 is 5.36. The van der Waals surface area contributed by atoms with Crippen molar-refractivity contribution in [2.75, 3.05) is 5.32 Å². The summed E-state index contributed by atoms with van der Waals surface area (Å²) in [6.07, 6.45) is 3.57. The highest BCUT2D eigenvalue weighted by atomic mass is 32.1. The Labute approximate surface area is 131 Å². The summed E-state index contributed by atoms with van der Waals surface area (Å²) in [7, 11) is 0. The normalized spacial score (nSPS) is 12.0. The van der Waals surface area contributed by atoms with Gasteiger partial charge in [0, 0.05) is 18.1 Å². The van der Waals surface area contributed by atoms with E-state index in [-0.39, 0.29) is 6.04 Å². The molecule has 0 spiro atoms. The molecule has 1 heterocycles. The average Bonchev–Trinajstić information content (AvgIpc) is 2.48. The first-order chi connectivity index (χ1) is 10.1. The lowest BCUT2D eigenvalue weighted by molar-refractivity contribution is 0.721. The van der Waals surface area contributed by atoms with Crippen LogP contribution in [-0.4, -0.2) is 10.1 Å². The van der Waals surface area contributed by atoms with E-state index in [1.165, 1.54) is 5.56 Å². The number of nitrogens with one attached hydrogen (secondary N) is 2. The van der Waals surface area contributed by atoms with Crippen molar-refractivity contribution >= 4 is 23.0 Å². The van der Waals surface area contributed by atoms with Crippen molar-refractivity contribution in [3.05, 3.63) is 59.9 Å². The number of aromatic nitrogens is 1. The SMILES string of the molecule is CC(C)c1ccc(NC(=S)N[C@@H](C)c2ccncc2)cc1. The van der Waals surface area contributed by atoms with Crippen LogP contribution < -0.4 is 10.6 Å². The van der Waals surface area contributed by atoms with Gasteiger partial charge in [0.2, 0.25) is 0 Å². The minimum absolute atomic E-state index is 0.142. The Bertz CT molecular complexity index is 579. The van der Waals surface area contributed by atoms with Crippen LogP contribution in [0.1, 0.15) is 43.9 Å². The third kappa shape index (κ3) is 4.53. The first-order valence-corrected chi connectivity index (χ1v) is 7.54. The Morgan fingerprint density at radius 3 is 2.14 bits per heavy atom. The molecule has 0 bridgehead atoms. The minimum Gasteiger partial charge on any atom is -0.356 e. The van der Waals surface area contributed by atoms with E-state index in [1.807, 2.05) is 12.1 Å². The van der Waals surface area contributed by atoms with Crippen LogP contribution in [0, 0.1) is 0 Å². The molecule has 2 aromatic rings.